The third-order valence-corrected chi connectivity index (χ3v) is 7.39. The quantitative estimate of drug-likeness (QED) is 0.528. The molecular weight excluding hydrogens is 442 g/mol. The zero-order valence-corrected chi connectivity index (χ0v) is 20.1. The van der Waals surface area contributed by atoms with Crippen LogP contribution in [-0.4, -0.2) is 70.7 Å². The molecule has 0 saturated carbocycles. The summed E-state index contributed by atoms with van der Waals surface area (Å²) in [4.78, 5) is 28.5. The number of fused-ring (bicyclic) bond motifs is 1. The number of benzene rings is 2. The highest BCUT2D eigenvalue weighted by Gasteiger charge is 2.25. The van der Waals surface area contributed by atoms with Gasteiger partial charge in [0.05, 0.1) is 0 Å². The van der Waals surface area contributed by atoms with Crippen LogP contribution in [-0.2, 0) is 11.3 Å². The predicted molar refractivity (Wildman–Crippen MR) is 135 cm³/mol. The third kappa shape index (κ3) is 5.20. The average molecular weight is 476 g/mol. The largest absolute Gasteiger partial charge is 0.491 e. The Morgan fingerprint density at radius 1 is 0.943 bits per heavy atom. The Kier molecular flexibility index (Phi) is 7.04. The molecule has 2 aliphatic rings. The van der Waals surface area contributed by atoms with E-state index in [1.54, 1.807) is 24.3 Å². The monoisotopic (exact) mass is 475 g/mol. The van der Waals surface area contributed by atoms with Crippen LogP contribution in [0.2, 0.25) is 0 Å². The van der Waals surface area contributed by atoms with Gasteiger partial charge in [-0.15, -0.1) is 0 Å². The predicted octanol–water partition coefficient (Wildman–Crippen LogP) is 4.22. The van der Waals surface area contributed by atoms with E-state index >= 15 is 0 Å². The summed E-state index contributed by atoms with van der Waals surface area (Å²) in [6.45, 7) is 5.36. The second-order valence-electron chi connectivity index (χ2n) is 9.58. The SMILES string of the molecule is O=C(O)c1ccccc1OCCN1CCC(c2cn(CC(=O)N3CCCC3)c3ccccc23)CC1. The molecule has 35 heavy (non-hydrogen) atoms. The van der Waals surface area contributed by atoms with Crippen molar-refractivity contribution in [3.8, 4) is 5.75 Å². The summed E-state index contributed by atoms with van der Waals surface area (Å²) < 4.78 is 7.94. The normalized spacial score (nSPS) is 17.2. The molecule has 0 radical (unpaired) electrons. The number of hydrogen-bond acceptors (Lipinski definition) is 4. The number of aromatic nitrogens is 1. The van der Waals surface area contributed by atoms with E-state index in [2.05, 4.69) is 33.9 Å². The van der Waals surface area contributed by atoms with Gasteiger partial charge >= 0.3 is 5.97 Å². The molecule has 3 aromatic rings. The maximum Gasteiger partial charge on any atom is 0.339 e. The Labute approximate surface area is 205 Å². The molecule has 7 nitrogen and oxygen atoms in total. The van der Waals surface area contributed by atoms with Gasteiger partial charge in [0.15, 0.2) is 0 Å². The number of carboxylic acid groups (broad SMARTS) is 1. The number of piperidine rings is 1. The highest BCUT2D eigenvalue weighted by molar-refractivity contribution is 5.90. The Hall–Kier alpha value is -3.32. The van der Waals surface area contributed by atoms with Crippen LogP contribution in [0.25, 0.3) is 10.9 Å². The number of likely N-dealkylation sites (tertiary alicyclic amines) is 2. The Balaban J connectivity index is 1.19. The number of nitrogens with zero attached hydrogens (tertiary/aromatic N) is 3. The number of ether oxygens (including phenoxy) is 1. The van der Waals surface area contributed by atoms with Crippen LogP contribution in [0.5, 0.6) is 5.75 Å². The minimum Gasteiger partial charge on any atom is -0.491 e. The first-order valence-electron chi connectivity index (χ1n) is 12.6. The molecule has 0 aliphatic carbocycles. The van der Waals surface area contributed by atoms with Crippen molar-refractivity contribution in [2.75, 3.05) is 39.3 Å². The summed E-state index contributed by atoms with van der Waals surface area (Å²) in [5, 5.41) is 10.6. The summed E-state index contributed by atoms with van der Waals surface area (Å²) >= 11 is 0. The van der Waals surface area contributed by atoms with Gasteiger partial charge in [0.2, 0.25) is 5.91 Å². The van der Waals surface area contributed by atoms with Crippen molar-refractivity contribution >= 4 is 22.8 Å². The summed E-state index contributed by atoms with van der Waals surface area (Å²) in [6.07, 6.45) is 6.54. The van der Waals surface area contributed by atoms with Gasteiger partial charge < -0.3 is 19.3 Å². The lowest BCUT2D eigenvalue weighted by Gasteiger charge is -2.31. The van der Waals surface area contributed by atoms with Gasteiger partial charge in [-0.3, -0.25) is 9.69 Å². The highest BCUT2D eigenvalue weighted by atomic mass is 16.5. The highest BCUT2D eigenvalue weighted by Crippen LogP contribution is 2.34. The first-order valence-corrected chi connectivity index (χ1v) is 12.6. The van der Waals surface area contributed by atoms with E-state index in [0.717, 1.165) is 63.9 Å². The molecular formula is C28H33N3O4. The van der Waals surface area contributed by atoms with Gasteiger partial charge in [-0.1, -0.05) is 30.3 Å². The third-order valence-electron chi connectivity index (χ3n) is 7.39. The van der Waals surface area contributed by atoms with E-state index in [0.29, 0.717) is 24.8 Å². The molecule has 184 valence electrons. The first kappa shape index (κ1) is 23.4. The van der Waals surface area contributed by atoms with Crippen LogP contribution in [0, 0.1) is 0 Å². The lowest BCUT2D eigenvalue weighted by molar-refractivity contribution is -0.130. The number of amides is 1. The van der Waals surface area contributed by atoms with Gasteiger partial charge in [0.25, 0.3) is 0 Å². The van der Waals surface area contributed by atoms with Crippen LogP contribution >= 0.6 is 0 Å². The van der Waals surface area contributed by atoms with Gasteiger partial charge in [-0.05, 0) is 68.5 Å². The molecule has 5 rings (SSSR count). The smallest absolute Gasteiger partial charge is 0.339 e. The van der Waals surface area contributed by atoms with Gasteiger partial charge in [0, 0.05) is 36.7 Å². The fraction of sp³-hybridized carbons (Fsp3) is 0.429. The number of rotatable bonds is 8. The van der Waals surface area contributed by atoms with Crippen LogP contribution in [0.3, 0.4) is 0 Å². The zero-order chi connectivity index (χ0) is 24.2. The van der Waals surface area contributed by atoms with Gasteiger partial charge in [-0.2, -0.15) is 0 Å². The molecule has 1 amide bonds. The summed E-state index contributed by atoms with van der Waals surface area (Å²) in [6, 6.07) is 15.2. The Morgan fingerprint density at radius 2 is 1.66 bits per heavy atom. The second-order valence-corrected chi connectivity index (χ2v) is 9.58. The van der Waals surface area contributed by atoms with Crippen molar-refractivity contribution < 1.29 is 19.4 Å². The molecule has 7 heteroatoms. The number of carboxylic acids is 1. The minimum atomic E-state index is -0.970. The maximum absolute atomic E-state index is 12.8. The molecule has 0 spiro atoms. The van der Waals surface area contributed by atoms with E-state index in [9.17, 15) is 14.7 Å². The van der Waals surface area contributed by atoms with Crippen LogP contribution in [0.1, 0.15) is 47.5 Å². The second kappa shape index (κ2) is 10.5. The number of hydrogen-bond donors (Lipinski definition) is 1. The van der Waals surface area contributed by atoms with E-state index in [4.69, 9.17) is 4.74 Å². The maximum atomic E-state index is 12.8. The standard InChI is InChI=1S/C28H33N3O4/c32-27(30-13-5-6-14-30)20-31-19-24(22-7-1-3-9-25(22)31)21-11-15-29(16-12-21)17-18-35-26-10-4-2-8-23(26)28(33)34/h1-4,7-10,19,21H,5-6,11-18,20H2,(H,33,34). The minimum absolute atomic E-state index is 0.200. The number of carbonyl (C=O) groups excluding carboxylic acids is 1. The molecule has 2 aromatic carbocycles. The van der Waals surface area contributed by atoms with Gasteiger partial charge in [0.1, 0.15) is 24.5 Å². The lowest BCUT2D eigenvalue weighted by Crippen LogP contribution is -2.36. The average Bonchev–Trinajstić information content (AvgIpc) is 3.54. The van der Waals surface area contributed by atoms with Crippen LogP contribution in [0.15, 0.2) is 54.7 Å². The molecule has 1 aromatic heterocycles. The molecule has 2 fully saturated rings. The number of carbonyl (C=O) groups is 2. The Bertz CT molecular complexity index is 1190. The van der Waals surface area contributed by atoms with Crippen molar-refractivity contribution in [3.05, 3.63) is 65.9 Å². The van der Waals surface area contributed by atoms with E-state index in [-0.39, 0.29) is 11.5 Å². The van der Waals surface area contributed by atoms with Crippen molar-refractivity contribution in [1.82, 2.24) is 14.4 Å². The summed E-state index contributed by atoms with van der Waals surface area (Å²) in [5.41, 5.74) is 2.69. The Morgan fingerprint density at radius 3 is 2.43 bits per heavy atom. The first-order chi connectivity index (χ1) is 17.1. The van der Waals surface area contributed by atoms with E-state index in [1.807, 2.05) is 11.0 Å². The fourth-order valence-electron chi connectivity index (χ4n) is 5.47. The fourth-order valence-corrected chi connectivity index (χ4v) is 5.47. The number of aromatic carboxylic acids is 1. The number of para-hydroxylation sites is 2. The molecule has 0 unspecified atom stereocenters. The lowest BCUT2D eigenvalue weighted by atomic mass is 9.89. The van der Waals surface area contributed by atoms with Crippen molar-refractivity contribution in [1.29, 1.82) is 0 Å². The molecule has 1 N–H and O–H groups in total. The molecule has 0 atom stereocenters. The van der Waals surface area contributed by atoms with Gasteiger partial charge in [-0.25, -0.2) is 4.79 Å². The summed E-state index contributed by atoms with van der Waals surface area (Å²) in [5.74, 6) is 0.135. The molecule has 0 bridgehead atoms. The topological polar surface area (TPSA) is 75.0 Å². The van der Waals surface area contributed by atoms with E-state index < -0.39 is 5.97 Å². The molecule has 3 heterocycles. The van der Waals surface area contributed by atoms with Crippen LogP contribution in [0.4, 0.5) is 0 Å². The molecule has 2 aliphatic heterocycles. The van der Waals surface area contributed by atoms with Crippen LogP contribution < -0.4 is 4.74 Å². The molecule has 2 saturated heterocycles. The van der Waals surface area contributed by atoms with Crippen molar-refractivity contribution in [2.24, 2.45) is 0 Å². The van der Waals surface area contributed by atoms with E-state index in [1.165, 1.54) is 10.9 Å². The van der Waals surface area contributed by atoms with Crippen molar-refractivity contribution in [3.63, 3.8) is 0 Å². The van der Waals surface area contributed by atoms with Crippen molar-refractivity contribution in [2.45, 2.75) is 38.1 Å². The zero-order valence-electron chi connectivity index (χ0n) is 20.1. The summed E-state index contributed by atoms with van der Waals surface area (Å²) in [7, 11) is 0.